The summed E-state index contributed by atoms with van der Waals surface area (Å²) in [6.07, 6.45) is 2.90. The van der Waals surface area contributed by atoms with Crippen LogP contribution in [-0.2, 0) is 11.2 Å². The average Bonchev–Trinajstić information content (AvgIpc) is 3.13. The molecule has 2 N–H and O–H groups in total. The van der Waals surface area contributed by atoms with Crippen LogP contribution in [0.15, 0.2) is 24.3 Å². The lowest BCUT2D eigenvalue weighted by atomic mass is 10.1. The summed E-state index contributed by atoms with van der Waals surface area (Å²) in [5.41, 5.74) is 2.27. The summed E-state index contributed by atoms with van der Waals surface area (Å²) in [5, 5.41) is 12.3. The molecule has 4 nitrogen and oxygen atoms in total. The Bertz CT molecular complexity index is 432. The number of para-hydroxylation sites is 1. The Kier molecular flexibility index (Phi) is 2.96. The van der Waals surface area contributed by atoms with Gasteiger partial charge in [-0.3, -0.25) is 4.79 Å². The number of anilines is 1. The normalized spacial score (nSPS) is 21.3. The summed E-state index contributed by atoms with van der Waals surface area (Å²) in [4.78, 5) is 14.3. The number of nitrogens with zero attached hydrogens (tertiary/aromatic N) is 1. The number of hydrogen-bond acceptors (Lipinski definition) is 3. The van der Waals surface area contributed by atoms with Gasteiger partial charge in [-0.1, -0.05) is 18.2 Å². The van der Waals surface area contributed by atoms with Crippen molar-refractivity contribution in [3.05, 3.63) is 29.8 Å². The molecule has 1 aromatic carbocycles. The van der Waals surface area contributed by atoms with Gasteiger partial charge in [0.05, 0.1) is 6.61 Å². The Labute approximate surface area is 107 Å². The highest BCUT2D eigenvalue weighted by molar-refractivity contribution is 5.87. The fourth-order valence-electron chi connectivity index (χ4n) is 2.61. The molecule has 1 aliphatic heterocycles. The van der Waals surface area contributed by atoms with Crippen molar-refractivity contribution in [2.45, 2.75) is 31.3 Å². The van der Waals surface area contributed by atoms with Crippen LogP contribution in [0.5, 0.6) is 0 Å². The molecule has 0 saturated heterocycles. The lowest BCUT2D eigenvalue weighted by Crippen LogP contribution is -2.44. The molecule has 1 fully saturated rings. The molecule has 1 unspecified atom stereocenters. The summed E-state index contributed by atoms with van der Waals surface area (Å²) < 4.78 is 0. The van der Waals surface area contributed by atoms with E-state index in [-0.39, 0.29) is 18.6 Å². The molecular formula is C14H18N2O2. The van der Waals surface area contributed by atoms with E-state index in [1.54, 1.807) is 0 Å². The molecule has 0 aromatic heterocycles. The van der Waals surface area contributed by atoms with Crippen LogP contribution in [0.4, 0.5) is 5.69 Å². The van der Waals surface area contributed by atoms with E-state index in [9.17, 15) is 4.79 Å². The summed E-state index contributed by atoms with van der Waals surface area (Å²) in [7, 11) is 0. The van der Waals surface area contributed by atoms with E-state index in [2.05, 4.69) is 11.4 Å². The number of rotatable bonds is 4. The van der Waals surface area contributed by atoms with Gasteiger partial charge < -0.3 is 15.3 Å². The predicted molar refractivity (Wildman–Crippen MR) is 69.4 cm³/mol. The maximum atomic E-state index is 12.4. The van der Waals surface area contributed by atoms with Crippen molar-refractivity contribution in [2.75, 3.05) is 18.5 Å². The van der Waals surface area contributed by atoms with Crippen LogP contribution in [0.25, 0.3) is 0 Å². The van der Waals surface area contributed by atoms with Gasteiger partial charge >= 0.3 is 0 Å². The molecule has 1 amide bonds. The lowest BCUT2D eigenvalue weighted by molar-refractivity contribution is -0.133. The topological polar surface area (TPSA) is 52.6 Å². The van der Waals surface area contributed by atoms with Crippen molar-refractivity contribution in [1.82, 2.24) is 4.90 Å². The molecule has 3 rings (SSSR count). The quantitative estimate of drug-likeness (QED) is 0.833. The first-order valence-electron chi connectivity index (χ1n) is 6.55. The highest BCUT2D eigenvalue weighted by atomic mass is 16.3. The molecule has 1 atom stereocenters. The molecule has 1 aliphatic carbocycles. The Balaban J connectivity index is 1.71. The van der Waals surface area contributed by atoms with Crippen LogP contribution in [0, 0.1) is 0 Å². The Hall–Kier alpha value is -1.55. The van der Waals surface area contributed by atoms with E-state index in [1.807, 2.05) is 23.1 Å². The minimum Gasteiger partial charge on any atom is -0.395 e. The van der Waals surface area contributed by atoms with Crippen molar-refractivity contribution < 1.29 is 9.90 Å². The van der Waals surface area contributed by atoms with E-state index in [0.717, 1.165) is 24.9 Å². The van der Waals surface area contributed by atoms with Crippen LogP contribution in [0.1, 0.15) is 18.4 Å². The van der Waals surface area contributed by atoms with Gasteiger partial charge in [0.2, 0.25) is 5.91 Å². The van der Waals surface area contributed by atoms with Crippen LogP contribution in [0.2, 0.25) is 0 Å². The Morgan fingerprint density at radius 2 is 2.17 bits per heavy atom. The van der Waals surface area contributed by atoms with Crippen molar-refractivity contribution in [3.63, 3.8) is 0 Å². The van der Waals surface area contributed by atoms with E-state index < -0.39 is 0 Å². The summed E-state index contributed by atoms with van der Waals surface area (Å²) >= 11 is 0. The number of carbonyl (C=O) groups excluding carboxylic acids is 1. The minimum absolute atomic E-state index is 0.0436. The molecule has 2 aliphatic rings. The van der Waals surface area contributed by atoms with Crippen molar-refractivity contribution in [2.24, 2.45) is 0 Å². The number of aliphatic hydroxyl groups is 1. The van der Waals surface area contributed by atoms with Gasteiger partial charge in [-0.05, 0) is 24.5 Å². The van der Waals surface area contributed by atoms with Gasteiger partial charge in [-0.25, -0.2) is 0 Å². The van der Waals surface area contributed by atoms with Crippen LogP contribution in [-0.4, -0.2) is 41.1 Å². The monoisotopic (exact) mass is 246 g/mol. The zero-order valence-corrected chi connectivity index (χ0v) is 10.3. The van der Waals surface area contributed by atoms with E-state index in [4.69, 9.17) is 5.11 Å². The highest BCUT2D eigenvalue weighted by Gasteiger charge is 2.37. The Morgan fingerprint density at radius 3 is 2.83 bits per heavy atom. The summed E-state index contributed by atoms with van der Waals surface area (Å²) in [6.45, 7) is 0.500. The second kappa shape index (κ2) is 4.61. The first-order chi connectivity index (χ1) is 8.79. The molecule has 1 saturated carbocycles. The number of amides is 1. The number of benzene rings is 1. The van der Waals surface area contributed by atoms with Crippen LogP contribution in [0.3, 0.4) is 0 Å². The second-order valence-corrected chi connectivity index (χ2v) is 5.04. The third-order valence-corrected chi connectivity index (χ3v) is 3.68. The smallest absolute Gasteiger partial charge is 0.245 e. The lowest BCUT2D eigenvalue weighted by Gasteiger charge is -2.25. The highest BCUT2D eigenvalue weighted by Crippen LogP contribution is 2.30. The van der Waals surface area contributed by atoms with Crippen molar-refractivity contribution in [1.29, 1.82) is 0 Å². The van der Waals surface area contributed by atoms with Crippen molar-refractivity contribution in [3.8, 4) is 0 Å². The molecule has 0 bridgehead atoms. The van der Waals surface area contributed by atoms with Gasteiger partial charge in [0.15, 0.2) is 0 Å². The number of aliphatic hydroxyl groups excluding tert-OH is 1. The first kappa shape index (κ1) is 11.5. The number of nitrogens with one attached hydrogen (secondary N) is 1. The van der Waals surface area contributed by atoms with Crippen LogP contribution >= 0.6 is 0 Å². The molecular weight excluding hydrogens is 228 g/mol. The molecule has 0 radical (unpaired) electrons. The second-order valence-electron chi connectivity index (χ2n) is 5.04. The predicted octanol–water partition coefficient (Wildman–Crippen LogP) is 1.01. The fraction of sp³-hybridized carbons (Fsp3) is 0.500. The Morgan fingerprint density at radius 1 is 1.39 bits per heavy atom. The minimum atomic E-state index is -0.158. The van der Waals surface area contributed by atoms with Gasteiger partial charge in [0.25, 0.3) is 0 Å². The maximum absolute atomic E-state index is 12.4. The first-order valence-corrected chi connectivity index (χ1v) is 6.55. The van der Waals surface area contributed by atoms with Gasteiger partial charge in [0.1, 0.15) is 6.04 Å². The zero-order chi connectivity index (χ0) is 12.5. The SMILES string of the molecule is O=C(C1Cc2ccccc2N1)N(CCO)C1CC1. The summed E-state index contributed by atoms with van der Waals surface area (Å²) in [6, 6.07) is 8.24. The largest absolute Gasteiger partial charge is 0.395 e. The maximum Gasteiger partial charge on any atom is 0.245 e. The fourth-order valence-corrected chi connectivity index (χ4v) is 2.61. The molecule has 1 aromatic rings. The molecule has 1 heterocycles. The number of fused-ring (bicyclic) bond motifs is 1. The standard InChI is InChI=1S/C14H18N2O2/c17-8-7-16(11-5-6-11)14(18)13-9-10-3-1-2-4-12(10)15-13/h1-4,11,13,15,17H,5-9H2. The third-order valence-electron chi connectivity index (χ3n) is 3.68. The van der Waals surface area contributed by atoms with Crippen LogP contribution < -0.4 is 5.32 Å². The van der Waals surface area contributed by atoms with E-state index in [0.29, 0.717) is 12.6 Å². The average molecular weight is 246 g/mol. The third kappa shape index (κ3) is 2.08. The number of carbonyl (C=O) groups is 1. The zero-order valence-electron chi connectivity index (χ0n) is 10.3. The molecule has 18 heavy (non-hydrogen) atoms. The van der Waals surface area contributed by atoms with E-state index >= 15 is 0 Å². The van der Waals surface area contributed by atoms with Gasteiger partial charge in [0, 0.05) is 24.7 Å². The van der Waals surface area contributed by atoms with Gasteiger partial charge in [-0.2, -0.15) is 0 Å². The van der Waals surface area contributed by atoms with E-state index in [1.165, 1.54) is 5.56 Å². The molecule has 4 heteroatoms. The van der Waals surface area contributed by atoms with Crippen molar-refractivity contribution >= 4 is 11.6 Å². The number of hydrogen-bond donors (Lipinski definition) is 2. The molecule has 96 valence electrons. The summed E-state index contributed by atoms with van der Waals surface area (Å²) in [5.74, 6) is 0.128. The molecule has 0 spiro atoms. The van der Waals surface area contributed by atoms with Gasteiger partial charge in [-0.15, -0.1) is 0 Å².